The van der Waals surface area contributed by atoms with Gasteiger partial charge < -0.3 is 51.1 Å². The number of benzene rings is 2. The van der Waals surface area contributed by atoms with Gasteiger partial charge in [-0.3, -0.25) is 9.59 Å². The van der Waals surface area contributed by atoms with Crippen molar-refractivity contribution in [2.45, 2.75) is 44.6 Å². The van der Waals surface area contributed by atoms with E-state index in [9.17, 15) is 14.7 Å². The average molecular weight is 626 g/mol. The Hall–Kier alpha value is -3.58. The number of carbonyl (C=O) groups excluding carboxylic acids is 2. The van der Waals surface area contributed by atoms with Gasteiger partial charge in [0.25, 0.3) is 0 Å². The van der Waals surface area contributed by atoms with Gasteiger partial charge in [0.2, 0.25) is 12.7 Å². The maximum atomic E-state index is 13.3. The van der Waals surface area contributed by atoms with E-state index in [0.717, 1.165) is 75.2 Å². The van der Waals surface area contributed by atoms with Crippen LogP contribution in [0.5, 0.6) is 23.0 Å². The van der Waals surface area contributed by atoms with Gasteiger partial charge in [-0.1, -0.05) is 6.07 Å². The molecule has 1 fully saturated rings. The lowest BCUT2D eigenvalue weighted by molar-refractivity contribution is -0.141. The van der Waals surface area contributed by atoms with Gasteiger partial charge in [-0.15, -0.1) is 0 Å². The summed E-state index contributed by atoms with van der Waals surface area (Å²) in [5.74, 6) is -0.0319. The van der Waals surface area contributed by atoms with Crippen LogP contribution in [0.4, 0.5) is 0 Å². The lowest BCUT2D eigenvalue weighted by Gasteiger charge is -2.39. The number of nitrogens with one attached hydrogen (secondary N) is 4. The minimum absolute atomic E-state index is 0.0609. The maximum Gasteiger partial charge on any atom is 0.310 e. The summed E-state index contributed by atoms with van der Waals surface area (Å²) in [5, 5.41) is 23.9. The van der Waals surface area contributed by atoms with E-state index in [2.05, 4.69) is 21.3 Å². The topological polar surface area (TPSA) is 165 Å². The zero-order valence-electron chi connectivity index (χ0n) is 26.3. The molecule has 7 N–H and O–H groups in total. The summed E-state index contributed by atoms with van der Waals surface area (Å²) in [6.45, 7) is 8.03. The zero-order chi connectivity index (χ0) is 31.8. The standard InChI is InChI=1S/C33H47N5O7/c1-20-14-21(15-27(42-2)32(20)40)29-22-16-25-26(45-19-44-25)17-23(22)31(24-18-43-33(41)30(24)29)38-28(39)6-13-37-12-5-11-36-10-4-9-35-8-3-7-34/h14-17,24,29-31,35-37,40H,3-13,18-19,34H2,1-2H3,(H,38,39)/t24-,29?,30-,31+/m0/s1. The Balaban J connectivity index is 1.22. The molecule has 246 valence electrons. The van der Waals surface area contributed by atoms with Crippen LogP contribution >= 0.6 is 0 Å². The lowest BCUT2D eigenvalue weighted by atomic mass is 9.65. The highest BCUT2D eigenvalue weighted by atomic mass is 16.7. The third kappa shape index (κ3) is 7.63. The Labute approximate surface area is 264 Å². The summed E-state index contributed by atoms with van der Waals surface area (Å²) in [6, 6.07) is 7.03. The van der Waals surface area contributed by atoms with E-state index >= 15 is 0 Å². The number of esters is 1. The molecule has 2 aromatic carbocycles. The molecule has 3 aliphatic rings. The molecule has 1 aliphatic carbocycles. The van der Waals surface area contributed by atoms with Gasteiger partial charge in [0.1, 0.15) is 0 Å². The molecule has 4 atom stereocenters. The van der Waals surface area contributed by atoms with Gasteiger partial charge in [-0.05, 0) is 106 Å². The molecule has 2 aliphatic heterocycles. The Bertz CT molecular complexity index is 1340. The fraction of sp³-hybridized carbons (Fsp3) is 0.576. The van der Waals surface area contributed by atoms with Crippen LogP contribution in [-0.2, 0) is 14.3 Å². The first-order valence-electron chi connectivity index (χ1n) is 16.0. The number of ether oxygens (including phenoxy) is 4. The minimum Gasteiger partial charge on any atom is -0.504 e. The number of amides is 1. The summed E-state index contributed by atoms with van der Waals surface area (Å²) in [5.41, 5.74) is 8.68. The van der Waals surface area contributed by atoms with Crippen molar-refractivity contribution in [3.05, 3.63) is 46.5 Å². The van der Waals surface area contributed by atoms with Gasteiger partial charge in [-0.25, -0.2) is 0 Å². The van der Waals surface area contributed by atoms with E-state index in [1.165, 1.54) is 7.11 Å². The van der Waals surface area contributed by atoms with Crippen molar-refractivity contribution in [3.8, 4) is 23.0 Å². The number of nitrogens with two attached hydrogens (primary N) is 1. The second-order valence-corrected chi connectivity index (χ2v) is 11.9. The van der Waals surface area contributed by atoms with Crippen molar-refractivity contribution >= 4 is 11.9 Å². The smallest absolute Gasteiger partial charge is 0.310 e. The number of phenols is 1. The number of fused-ring (bicyclic) bond motifs is 3. The largest absolute Gasteiger partial charge is 0.504 e. The summed E-state index contributed by atoms with van der Waals surface area (Å²) in [6.07, 6.45) is 3.36. The highest BCUT2D eigenvalue weighted by molar-refractivity contribution is 5.81. The van der Waals surface area contributed by atoms with Crippen molar-refractivity contribution in [2.24, 2.45) is 17.6 Å². The molecule has 0 saturated carbocycles. The van der Waals surface area contributed by atoms with Crippen LogP contribution in [0.25, 0.3) is 0 Å². The van der Waals surface area contributed by atoms with Crippen molar-refractivity contribution in [1.29, 1.82) is 0 Å². The summed E-state index contributed by atoms with van der Waals surface area (Å²) in [4.78, 5) is 26.5. The van der Waals surface area contributed by atoms with Crippen molar-refractivity contribution < 1.29 is 33.6 Å². The summed E-state index contributed by atoms with van der Waals surface area (Å²) < 4.78 is 22.5. The zero-order valence-corrected chi connectivity index (χ0v) is 26.3. The van der Waals surface area contributed by atoms with Gasteiger partial charge in [0.15, 0.2) is 23.0 Å². The Morgan fingerprint density at radius 1 is 0.933 bits per heavy atom. The van der Waals surface area contributed by atoms with Crippen LogP contribution in [-0.4, -0.2) is 83.3 Å². The molecule has 1 saturated heterocycles. The molecule has 5 rings (SSSR count). The average Bonchev–Trinajstić information content (AvgIpc) is 3.66. The summed E-state index contributed by atoms with van der Waals surface area (Å²) in [7, 11) is 1.50. The van der Waals surface area contributed by atoms with E-state index in [4.69, 9.17) is 24.7 Å². The highest BCUT2D eigenvalue weighted by Crippen LogP contribution is 2.55. The van der Waals surface area contributed by atoms with Crippen LogP contribution in [0.15, 0.2) is 24.3 Å². The number of phenolic OH excluding ortho intramolecular Hbond substituents is 1. The Morgan fingerprint density at radius 3 is 2.24 bits per heavy atom. The van der Waals surface area contributed by atoms with Crippen LogP contribution in [0.1, 0.15) is 59.9 Å². The molecule has 0 spiro atoms. The molecule has 12 heteroatoms. The SMILES string of the molecule is COc1cc(C2c3cc4c(cc3[C@@H](NC(=O)CCNCCCNCCCNCCCN)[C@H]3COC(=O)[C@H]23)OCO4)cc(C)c1O. The van der Waals surface area contributed by atoms with Gasteiger partial charge >= 0.3 is 5.97 Å². The quantitative estimate of drug-likeness (QED) is 0.112. The monoisotopic (exact) mass is 625 g/mol. The molecular formula is C33H47N5O7. The van der Waals surface area contributed by atoms with Gasteiger partial charge in [0, 0.05) is 24.8 Å². The van der Waals surface area contributed by atoms with Crippen LogP contribution < -0.4 is 41.2 Å². The highest BCUT2D eigenvalue weighted by Gasteiger charge is 2.53. The van der Waals surface area contributed by atoms with Crippen molar-refractivity contribution in [3.63, 3.8) is 0 Å². The van der Waals surface area contributed by atoms with E-state index in [1.54, 1.807) is 13.0 Å². The second kappa shape index (κ2) is 15.6. The molecule has 12 nitrogen and oxygen atoms in total. The van der Waals surface area contributed by atoms with Crippen LogP contribution in [0.2, 0.25) is 0 Å². The second-order valence-electron chi connectivity index (χ2n) is 11.9. The Kier molecular flexibility index (Phi) is 11.4. The molecule has 2 heterocycles. The fourth-order valence-electron chi connectivity index (χ4n) is 6.58. The molecule has 0 radical (unpaired) electrons. The normalized spacial score (nSPS) is 21.3. The van der Waals surface area contributed by atoms with Crippen molar-refractivity contribution in [2.75, 3.05) is 66.3 Å². The molecular weight excluding hydrogens is 578 g/mol. The van der Waals surface area contributed by atoms with Gasteiger partial charge in [0.05, 0.1) is 25.7 Å². The number of aromatic hydroxyl groups is 1. The predicted octanol–water partition coefficient (Wildman–Crippen LogP) is 1.82. The van der Waals surface area contributed by atoms with Gasteiger partial charge in [-0.2, -0.15) is 0 Å². The first-order chi connectivity index (χ1) is 21.9. The number of carbonyl (C=O) groups is 2. The van der Waals surface area contributed by atoms with E-state index in [0.29, 0.717) is 35.8 Å². The number of methoxy groups -OCH3 is 1. The lowest BCUT2D eigenvalue weighted by Crippen LogP contribution is -2.43. The molecule has 2 aromatic rings. The first kappa shape index (κ1) is 32.8. The number of rotatable bonds is 17. The molecule has 0 aromatic heterocycles. The maximum absolute atomic E-state index is 13.3. The number of aryl methyl sites for hydroxylation is 1. The molecule has 1 amide bonds. The van der Waals surface area contributed by atoms with E-state index < -0.39 is 17.9 Å². The Morgan fingerprint density at radius 2 is 1.58 bits per heavy atom. The van der Waals surface area contributed by atoms with E-state index in [-0.39, 0.29) is 36.9 Å². The number of hydrogen-bond acceptors (Lipinski definition) is 11. The minimum atomic E-state index is -0.538. The van der Waals surface area contributed by atoms with Crippen LogP contribution in [0.3, 0.4) is 0 Å². The third-order valence-electron chi connectivity index (χ3n) is 8.87. The fourth-order valence-corrected chi connectivity index (χ4v) is 6.58. The van der Waals surface area contributed by atoms with Crippen LogP contribution in [0, 0.1) is 18.8 Å². The van der Waals surface area contributed by atoms with Crippen molar-refractivity contribution in [1.82, 2.24) is 21.3 Å². The third-order valence-corrected chi connectivity index (χ3v) is 8.87. The molecule has 1 unspecified atom stereocenters. The number of hydrogen-bond donors (Lipinski definition) is 6. The predicted molar refractivity (Wildman–Crippen MR) is 169 cm³/mol. The molecule has 45 heavy (non-hydrogen) atoms. The van der Waals surface area contributed by atoms with E-state index in [1.807, 2.05) is 18.2 Å². The first-order valence-corrected chi connectivity index (χ1v) is 16.0. The summed E-state index contributed by atoms with van der Waals surface area (Å²) >= 11 is 0. The molecule has 0 bridgehead atoms. The number of cyclic esters (lactones) is 1.